The summed E-state index contributed by atoms with van der Waals surface area (Å²) in [4.78, 5) is 18.4. The molecule has 8 heteroatoms. The van der Waals surface area contributed by atoms with E-state index in [1.807, 2.05) is 84.3 Å². The SMILES string of the molecule is Cc1cccn2c(NC(=O)[C@H]3Cc4ccccc4CN3S(C)(=O)=O)c(-c3ccccc3)nc12. The number of aromatic nitrogens is 2. The maximum atomic E-state index is 13.6. The first kappa shape index (κ1) is 21.4. The van der Waals surface area contributed by atoms with Gasteiger partial charge in [-0.1, -0.05) is 60.7 Å². The zero-order chi connectivity index (χ0) is 23.2. The molecular weight excluding hydrogens is 436 g/mol. The fraction of sp³-hybridized carbons (Fsp3) is 0.200. The summed E-state index contributed by atoms with van der Waals surface area (Å²) in [5.41, 5.74) is 5.11. The molecule has 0 saturated carbocycles. The number of fused-ring (bicyclic) bond motifs is 2. The summed E-state index contributed by atoms with van der Waals surface area (Å²) in [7, 11) is -3.60. The summed E-state index contributed by atoms with van der Waals surface area (Å²) in [6.07, 6.45) is 3.31. The van der Waals surface area contributed by atoms with E-state index >= 15 is 0 Å². The van der Waals surface area contributed by atoms with E-state index in [1.54, 1.807) is 0 Å². The van der Waals surface area contributed by atoms with Crippen molar-refractivity contribution in [3.05, 3.63) is 89.6 Å². The second-order valence-electron chi connectivity index (χ2n) is 8.35. The van der Waals surface area contributed by atoms with Crippen molar-refractivity contribution in [2.75, 3.05) is 11.6 Å². The Morgan fingerprint density at radius 3 is 2.42 bits per heavy atom. The highest BCUT2D eigenvalue weighted by Gasteiger charge is 2.37. The second kappa shape index (κ2) is 8.13. The normalized spacial score (nSPS) is 16.5. The number of imidazole rings is 1. The summed E-state index contributed by atoms with van der Waals surface area (Å²) in [5, 5.41) is 3.02. The highest BCUT2D eigenvalue weighted by molar-refractivity contribution is 7.88. The van der Waals surface area contributed by atoms with Gasteiger partial charge in [-0.05, 0) is 36.1 Å². The largest absolute Gasteiger partial charge is 0.309 e. The maximum absolute atomic E-state index is 13.6. The van der Waals surface area contributed by atoms with E-state index in [1.165, 1.54) is 4.31 Å². The lowest BCUT2D eigenvalue weighted by molar-refractivity contribution is -0.120. The van der Waals surface area contributed by atoms with Gasteiger partial charge in [0.15, 0.2) is 0 Å². The van der Waals surface area contributed by atoms with Gasteiger partial charge in [-0.3, -0.25) is 9.20 Å². The standard InChI is InChI=1S/C25H24N4O3S/c1-17-9-8-14-28-23(17)26-22(18-10-4-3-5-11-18)24(28)27-25(30)21-15-19-12-6-7-13-20(19)16-29(21)33(2,31)32/h3-14,21H,15-16H2,1-2H3,(H,27,30)/t21-/m1/s1. The average molecular weight is 461 g/mol. The van der Waals surface area contributed by atoms with Gasteiger partial charge in [0.25, 0.3) is 0 Å². The molecule has 4 aromatic rings. The highest BCUT2D eigenvalue weighted by atomic mass is 32.2. The fourth-order valence-corrected chi connectivity index (χ4v) is 5.40. The number of aryl methyl sites for hydroxylation is 1. The number of carbonyl (C=O) groups is 1. The fourth-order valence-electron chi connectivity index (χ4n) is 4.39. The van der Waals surface area contributed by atoms with Crippen molar-refractivity contribution in [2.45, 2.75) is 25.9 Å². The molecule has 2 aromatic heterocycles. The molecule has 5 rings (SSSR count). The molecule has 1 atom stereocenters. The van der Waals surface area contributed by atoms with Crippen LogP contribution in [0.2, 0.25) is 0 Å². The Balaban J connectivity index is 1.58. The molecule has 0 radical (unpaired) electrons. The topological polar surface area (TPSA) is 83.8 Å². The van der Waals surface area contributed by atoms with Crippen molar-refractivity contribution in [1.82, 2.24) is 13.7 Å². The Labute approximate surface area is 192 Å². The van der Waals surface area contributed by atoms with Gasteiger partial charge in [0.05, 0.1) is 6.26 Å². The number of benzene rings is 2. The molecule has 168 valence electrons. The summed E-state index contributed by atoms with van der Waals surface area (Å²) in [5.74, 6) is 0.146. The van der Waals surface area contributed by atoms with Crippen molar-refractivity contribution in [2.24, 2.45) is 0 Å². The molecule has 2 aromatic carbocycles. The molecule has 7 nitrogen and oxygen atoms in total. The first-order valence-electron chi connectivity index (χ1n) is 10.7. The molecule has 1 amide bonds. The van der Waals surface area contributed by atoms with Crippen LogP contribution in [0, 0.1) is 6.92 Å². The molecule has 33 heavy (non-hydrogen) atoms. The van der Waals surface area contributed by atoms with E-state index in [-0.39, 0.29) is 12.5 Å². The van der Waals surface area contributed by atoms with Crippen molar-refractivity contribution in [3.8, 4) is 11.3 Å². The Kier molecular flexibility index (Phi) is 5.26. The Bertz CT molecular complexity index is 1460. The van der Waals surface area contributed by atoms with Crippen LogP contribution in [-0.4, -0.2) is 40.3 Å². The zero-order valence-electron chi connectivity index (χ0n) is 18.4. The molecular formula is C25H24N4O3S. The van der Waals surface area contributed by atoms with Crippen LogP contribution in [0.1, 0.15) is 16.7 Å². The number of hydrogen-bond acceptors (Lipinski definition) is 4. The summed E-state index contributed by atoms with van der Waals surface area (Å²) in [6.45, 7) is 2.14. The molecule has 3 heterocycles. The van der Waals surface area contributed by atoms with Gasteiger partial charge in [0.2, 0.25) is 15.9 Å². The smallest absolute Gasteiger partial charge is 0.244 e. The molecule has 0 saturated heterocycles. The number of nitrogens with one attached hydrogen (secondary N) is 1. The number of anilines is 1. The quantitative estimate of drug-likeness (QED) is 0.504. The number of hydrogen-bond donors (Lipinski definition) is 1. The monoisotopic (exact) mass is 460 g/mol. The van der Waals surface area contributed by atoms with E-state index in [9.17, 15) is 13.2 Å². The lowest BCUT2D eigenvalue weighted by Gasteiger charge is -2.34. The number of sulfonamides is 1. The number of carbonyl (C=O) groups excluding carboxylic acids is 1. The van der Waals surface area contributed by atoms with Crippen LogP contribution in [0.4, 0.5) is 5.82 Å². The minimum absolute atomic E-state index is 0.172. The first-order chi connectivity index (χ1) is 15.8. The zero-order valence-corrected chi connectivity index (χ0v) is 19.2. The van der Waals surface area contributed by atoms with Gasteiger partial charge >= 0.3 is 0 Å². The lowest BCUT2D eigenvalue weighted by Crippen LogP contribution is -2.50. The molecule has 1 aliphatic rings. The van der Waals surface area contributed by atoms with Gasteiger partial charge in [0, 0.05) is 18.3 Å². The summed E-state index contributed by atoms with van der Waals surface area (Å²) in [6, 6.07) is 20.3. The molecule has 1 aliphatic heterocycles. The summed E-state index contributed by atoms with van der Waals surface area (Å²) >= 11 is 0. The van der Waals surface area contributed by atoms with Crippen LogP contribution in [0.15, 0.2) is 72.9 Å². The Hall–Kier alpha value is -3.49. The molecule has 1 N–H and O–H groups in total. The maximum Gasteiger partial charge on any atom is 0.244 e. The number of pyridine rings is 1. The van der Waals surface area contributed by atoms with Gasteiger partial charge in [-0.15, -0.1) is 0 Å². The van der Waals surface area contributed by atoms with Gasteiger partial charge in [0.1, 0.15) is 23.2 Å². The highest BCUT2D eigenvalue weighted by Crippen LogP contribution is 2.31. The third-order valence-electron chi connectivity index (χ3n) is 6.07. The minimum atomic E-state index is -3.60. The van der Waals surface area contributed by atoms with E-state index in [4.69, 9.17) is 4.98 Å². The Morgan fingerprint density at radius 1 is 1.00 bits per heavy atom. The van der Waals surface area contributed by atoms with E-state index in [0.717, 1.165) is 34.2 Å². The van der Waals surface area contributed by atoms with E-state index < -0.39 is 16.1 Å². The van der Waals surface area contributed by atoms with Crippen molar-refractivity contribution >= 4 is 27.4 Å². The predicted octanol–water partition coefficient (Wildman–Crippen LogP) is 3.63. The van der Waals surface area contributed by atoms with Gasteiger partial charge in [-0.25, -0.2) is 13.4 Å². The number of rotatable bonds is 4. The van der Waals surface area contributed by atoms with E-state index in [0.29, 0.717) is 17.9 Å². The third kappa shape index (κ3) is 3.92. The first-order valence-corrected chi connectivity index (χ1v) is 12.6. The van der Waals surface area contributed by atoms with Gasteiger partial charge < -0.3 is 5.32 Å². The van der Waals surface area contributed by atoms with Crippen LogP contribution < -0.4 is 5.32 Å². The average Bonchev–Trinajstić information content (AvgIpc) is 3.18. The van der Waals surface area contributed by atoms with Crippen LogP contribution in [0.25, 0.3) is 16.9 Å². The van der Waals surface area contributed by atoms with Crippen LogP contribution >= 0.6 is 0 Å². The van der Waals surface area contributed by atoms with Gasteiger partial charge in [-0.2, -0.15) is 4.31 Å². The Morgan fingerprint density at radius 2 is 1.70 bits per heavy atom. The molecule has 0 bridgehead atoms. The lowest BCUT2D eigenvalue weighted by atomic mass is 9.95. The summed E-state index contributed by atoms with van der Waals surface area (Å²) < 4.78 is 28.3. The van der Waals surface area contributed by atoms with Crippen LogP contribution in [0.3, 0.4) is 0 Å². The minimum Gasteiger partial charge on any atom is -0.309 e. The number of nitrogens with zero attached hydrogens (tertiary/aromatic N) is 3. The molecule has 0 unspecified atom stereocenters. The van der Waals surface area contributed by atoms with Crippen LogP contribution in [-0.2, 0) is 27.8 Å². The van der Waals surface area contributed by atoms with Crippen LogP contribution in [0.5, 0.6) is 0 Å². The van der Waals surface area contributed by atoms with E-state index in [2.05, 4.69) is 5.32 Å². The molecule has 0 fully saturated rings. The van der Waals surface area contributed by atoms with Crippen molar-refractivity contribution in [3.63, 3.8) is 0 Å². The van der Waals surface area contributed by atoms with Crippen molar-refractivity contribution in [1.29, 1.82) is 0 Å². The third-order valence-corrected chi connectivity index (χ3v) is 7.30. The molecule has 0 aliphatic carbocycles. The predicted molar refractivity (Wildman–Crippen MR) is 128 cm³/mol. The number of amides is 1. The molecule has 0 spiro atoms. The second-order valence-corrected chi connectivity index (χ2v) is 10.3. The van der Waals surface area contributed by atoms with Crippen molar-refractivity contribution < 1.29 is 13.2 Å².